The summed E-state index contributed by atoms with van der Waals surface area (Å²) >= 11 is 0. The van der Waals surface area contributed by atoms with Crippen LogP contribution in [0.4, 0.5) is 5.82 Å². The van der Waals surface area contributed by atoms with E-state index < -0.39 is 0 Å². The molecule has 144 valence electrons. The quantitative estimate of drug-likeness (QED) is 0.901. The number of nitrogens with one attached hydrogen (secondary N) is 1. The molecule has 27 heavy (non-hydrogen) atoms. The highest BCUT2D eigenvalue weighted by Crippen LogP contribution is 2.65. The lowest BCUT2D eigenvalue weighted by Crippen LogP contribution is -2.32. The van der Waals surface area contributed by atoms with Gasteiger partial charge in [0.1, 0.15) is 17.3 Å². The van der Waals surface area contributed by atoms with E-state index >= 15 is 0 Å². The highest BCUT2D eigenvalue weighted by atomic mass is 16.1. The van der Waals surface area contributed by atoms with Crippen molar-refractivity contribution in [3.05, 3.63) is 16.3 Å². The largest absolute Gasteiger partial charge is 0.365 e. The molecule has 6 nitrogen and oxygen atoms in total. The lowest BCUT2D eigenvalue weighted by Gasteiger charge is -2.30. The van der Waals surface area contributed by atoms with Gasteiger partial charge in [-0.1, -0.05) is 13.8 Å². The van der Waals surface area contributed by atoms with Crippen LogP contribution < -0.4 is 11.0 Å². The lowest BCUT2D eigenvalue weighted by atomic mass is 9.75. The van der Waals surface area contributed by atoms with E-state index in [2.05, 4.69) is 19.2 Å². The van der Waals surface area contributed by atoms with Crippen molar-refractivity contribution in [2.75, 3.05) is 5.32 Å². The molecule has 0 saturated heterocycles. The summed E-state index contributed by atoms with van der Waals surface area (Å²) in [7, 11) is 0. The van der Waals surface area contributed by atoms with E-state index in [1.54, 1.807) is 0 Å². The van der Waals surface area contributed by atoms with Gasteiger partial charge in [0, 0.05) is 24.5 Å². The fourth-order valence-electron chi connectivity index (χ4n) is 6.96. The predicted molar refractivity (Wildman–Crippen MR) is 104 cm³/mol. The van der Waals surface area contributed by atoms with Crippen LogP contribution in [0.2, 0.25) is 0 Å². The maximum absolute atomic E-state index is 13.2. The second kappa shape index (κ2) is 5.36. The Balaban J connectivity index is 1.55. The number of anilines is 1. The molecule has 4 saturated carbocycles. The minimum atomic E-state index is 0.0731. The van der Waals surface area contributed by atoms with Gasteiger partial charge in [-0.3, -0.25) is 9.13 Å². The Morgan fingerprint density at radius 3 is 2.63 bits per heavy atom. The summed E-state index contributed by atoms with van der Waals surface area (Å²) in [6.07, 6.45) is 8.62. The van der Waals surface area contributed by atoms with E-state index in [0.717, 1.165) is 60.3 Å². The van der Waals surface area contributed by atoms with Crippen LogP contribution in [0, 0.1) is 17.8 Å². The zero-order valence-electron chi connectivity index (χ0n) is 16.4. The molecule has 7 rings (SSSR count). The van der Waals surface area contributed by atoms with Crippen LogP contribution >= 0.6 is 0 Å². The Hall–Kier alpha value is -1.85. The highest BCUT2D eigenvalue weighted by molar-refractivity contribution is 5.70. The van der Waals surface area contributed by atoms with Crippen LogP contribution in [0.1, 0.15) is 64.6 Å². The molecule has 0 radical (unpaired) electrons. The third-order valence-corrected chi connectivity index (χ3v) is 7.97. The Kier molecular flexibility index (Phi) is 3.20. The average Bonchev–Trinajstić information content (AvgIpc) is 3.38. The number of hydrogen-bond donors (Lipinski definition) is 1. The molecule has 0 aromatic rings. The summed E-state index contributed by atoms with van der Waals surface area (Å²) < 4.78 is 3.78. The van der Waals surface area contributed by atoms with Gasteiger partial charge in [0.25, 0.3) is 0 Å². The third-order valence-electron chi connectivity index (χ3n) is 7.97. The minimum Gasteiger partial charge on any atom is -0.365 e. The van der Waals surface area contributed by atoms with Crippen LogP contribution in [-0.4, -0.2) is 25.1 Å². The molecule has 0 amide bonds. The van der Waals surface area contributed by atoms with Gasteiger partial charge in [0.15, 0.2) is 5.82 Å². The number of nitrogens with zero attached hydrogens (tertiary/aromatic N) is 4. The SMILES string of the molecule is CCCn1c2nc(C34C[C@@H]5CC3C[C@@H](C5)C4)nc-2c2n(c1=O)CC(CC)N2. The summed E-state index contributed by atoms with van der Waals surface area (Å²) in [5.41, 5.74) is 1.19. The zero-order valence-corrected chi connectivity index (χ0v) is 16.4. The van der Waals surface area contributed by atoms with E-state index in [9.17, 15) is 4.79 Å². The maximum atomic E-state index is 13.2. The Bertz CT molecular complexity index is 929. The normalized spacial score (nSPS) is 35.9. The molecule has 3 heterocycles. The molecule has 3 unspecified atom stereocenters. The van der Waals surface area contributed by atoms with Crippen molar-refractivity contribution in [2.45, 2.75) is 83.3 Å². The van der Waals surface area contributed by atoms with Crippen molar-refractivity contribution >= 4 is 5.82 Å². The van der Waals surface area contributed by atoms with Crippen LogP contribution in [0.3, 0.4) is 0 Å². The number of fused-ring (bicyclic) bond motifs is 3. The van der Waals surface area contributed by atoms with Gasteiger partial charge < -0.3 is 5.32 Å². The summed E-state index contributed by atoms with van der Waals surface area (Å²) in [4.78, 5) is 23.4. The highest BCUT2D eigenvalue weighted by Gasteiger charge is 2.60. The smallest absolute Gasteiger partial charge is 0.331 e. The zero-order chi connectivity index (χ0) is 18.3. The summed E-state index contributed by atoms with van der Waals surface area (Å²) in [5, 5.41) is 3.56. The molecule has 4 fully saturated rings. The fraction of sp³-hybridized carbons (Fsp3) is 0.762. The first kappa shape index (κ1) is 16.1. The topological polar surface area (TPSA) is 64.7 Å². The molecule has 3 aliphatic heterocycles. The van der Waals surface area contributed by atoms with E-state index in [-0.39, 0.29) is 11.1 Å². The van der Waals surface area contributed by atoms with E-state index in [0.29, 0.717) is 12.6 Å². The van der Waals surface area contributed by atoms with Gasteiger partial charge in [-0.15, -0.1) is 0 Å². The van der Waals surface area contributed by atoms with Gasteiger partial charge in [0.05, 0.1) is 0 Å². The first-order valence-corrected chi connectivity index (χ1v) is 10.9. The third kappa shape index (κ3) is 1.99. The van der Waals surface area contributed by atoms with Crippen molar-refractivity contribution in [1.29, 1.82) is 0 Å². The predicted octanol–water partition coefficient (Wildman–Crippen LogP) is 3.24. The standard InChI is InChI=1S/C21H29N5O/c1-3-5-25-18-16(17-22-15(4-2)11-26(17)20(25)27)23-19(24-18)21-9-12-6-13(10-21)8-14(21)7-12/h12-15,22H,3-11H2,1-2H3/t12-,13+,14?,15?,21?. The first-order chi connectivity index (χ1) is 13.1. The molecule has 5 atom stereocenters. The Morgan fingerprint density at radius 2 is 1.93 bits per heavy atom. The van der Waals surface area contributed by atoms with Gasteiger partial charge in [0.2, 0.25) is 0 Å². The van der Waals surface area contributed by atoms with Crippen LogP contribution in [0.15, 0.2) is 4.79 Å². The van der Waals surface area contributed by atoms with Crippen molar-refractivity contribution in [2.24, 2.45) is 17.8 Å². The molecule has 0 spiro atoms. The van der Waals surface area contributed by atoms with Gasteiger partial charge in [-0.2, -0.15) is 0 Å². The minimum absolute atomic E-state index is 0.0731. The maximum Gasteiger partial charge on any atom is 0.331 e. The van der Waals surface area contributed by atoms with Crippen molar-refractivity contribution in [3.8, 4) is 11.5 Å². The second-order valence-electron chi connectivity index (χ2n) is 9.56. The molecular formula is C21H29N5O. The van der Waals surface area contributed by atoms with Crippen molar-refractivity contribution < 1.29 is 0 Å². The van der Waals surface area contributed by atoms with E-state index in [4.69, 9.17) is 9.97 Å². The van der Waals surface area contributed by atoms with E-state index in [1.165, 1.54) is 32.1 Å². The summed E-state index contributed by atoms with van der Waals surface area (Å²) in [5.74, 6) is 5.29. The van der Waals surface area contributed by atoms with Crippen LogP contribution in [0.25, 0.3) is 11.5 Å². The van der Waals surface area contributed by atoms with E-state index in [1.807, 2.05) is 9.13 Å². The number of imidazole rings is 1. The van der Waals surface area contributed by atoms with Gasteiger partial charge in [-0.05, 0) is 62.7 Å². The number of hydrogen-bond acceptors (Lipinski definition) is 4. The number of aromatic nitrogens is 4. The molecule has 6 heteroatoms. The molecule has 1 N–H and O–H groups in total. The molecular weight excluding hydrogens is 338 g/mol. The average molecular weight is 367 g/mol. The molecule has 7 aliphatic rings. The van der Waals surface area contributed by atoms with Crippen molar-refractivity contribution in [1.82, 2.24) is 19.1 Å². The van der Waals surface area contributed by atoms with Gasteiger partial charge in [-0.25, -0.2) is 14.8 Å². The Morgan fingerprint density at radius 1 is 1.15 bits per heavy atom. The molecule has 4 bridgehead atoms. The fourth-order valence-corrected chi connectivity index (χ4v) is 6.96. The lowest BCUT2D eigenvalue weighted by molar-refractivity contribution is 0.262. The van der Waals surface area contributed by atoms with Crippen molar-refractivity contribution in [3.63, 3.8) is 0 Å². The first-order valence-electron chi connectivity index (χ1n) is 10.9. The summed E-state index contributed by atoms with van der Waals surface area (Å²) in [6, 6.07) is 0.315. The molecule has 4 aliphatic carbocycles. The monoisotopic (exact) mass is 367 g/mol. The van der Waals surface area contributed by atoms with Gasteiger partial charge >= 0.3 is 5.69 Å². The van der Waals surface area contributed by atoms with Crippen LogP contribution in [-0.2, 0) is 18.5 Å². The molecule has 0 aromatic heterocycles. The summed E-state index contributed by atoms with van der Waals surface area (Å²) in [6.45, 7) is 5.74. The molecule has 0 aromatic carbocycles. The second-order valence-corrected chi connectivity index (χ2v) is 9.56. The van der Waals surface area contributed by atoms with Crippen LogP contribution in [0.5, 0.6) is 0 Å². The number of rotatable bonds is 4. The Labute approximate surface area is 159 Å².